The molecule has 1 N–H and O–H groups in total. The highest BCUT2D eigenvalue weighted by Crippen LogP contribution is 2.29. The lowest BCUT2D eigenvalue weighted by atomic mass is 10.2. The zero-order valence-corrected chi connectivity index (χ0v) is 9.71. The fourth-order valence-electron chi connectivity index (χ4n) is 1.27. The molecular weight excluding hydrogens is 233 g/mol. The SMILES string of the molecule is CCOCC(C)Nc1cc(C(F)(F)F)ccn1. The fourth-order valence-corrected chi connectivity index (χ4v) is 1.27. The van der Waals surface area contributed by atoms with Crippen LogP contribution in [0, 0.1) is 0 Å². The Labute approximate surface area is 98.0 Å². The molecule has 0 aliphatic rings. The topological polar surface area (TPSA) is 34.1 Å². The molecule has 1 aromatic heterocycles. The van der Waals surface area contributed by atoms with E-state index in [1.165, 1.54) is 0 Å². The summed E-state index contributed by atoms with van der Waals surface area (Å²) >= 11 is 0. The highest BCUT2D eigenvalue weighted by Gasteiger charge is 2.30. The van der Waals surface area contributed by atoms with Crippen molar-refractivity contribution in [2.24, 2.45) is 0 Å². The molecule has 0 saturated heterocycles. The molecule has 0 aliphatic heterocycles. The Hall–Kier alpha value is -1.30. The number of alkyl halides is 3. The number of ether oxygens (including phenoxy) is 1. The van der Waals surface area contributed by atoms with E-state index in [-0.39, 0.29) is 11.9 Å². The summed E-state index contributed by atoms with van der Waals surface area (Å²) in [7, 11) is 0. The molecule has 0 spiro atoms. The summed E-state index contributed by atoms with van der Waals surface area (Å²) in [6.45, 7) is 4.67. The van der Waals surface area contributed by atoms with E-state index >= 15 is 0 Å². The average Bonchev–Trinajstić information content (AvgIpc) is 2.25. The first kappa shape index (κ1) is 13.8. The second-order valence-electron chi connectivity index (χ2n) is 3.63. The lowest BCUT2D eigenvalue weighted by Gasteiger charge is -2.15. The van der Waals surface area contributed by atoms with Gasteiger partial charge in [-0.15, -0.1) is 0 Å². The molecule has 3 nitrogen and oxygen atoms in total. The number of halogens is 3. The van der Waals surface area contributed by atoms with Crippen molar-refractivity contribution in [3.05, 3.63) is 23.9 Å². The van der Waals surface area contributed by atoms with E-state index in [4.69, 9.17) is 4.74 Å². The van der Waals surface area contributed by atoms with Crippen molar-refractivity contribution >= 4 is 5.82 Å². The van der Waals surface area contributed by atoms with Gasteiger partial charge in [-0.1, -0.05) is 0 Å². The molecule has 0 amide bonds. The van der Waals surface area contributed by atoms with Crippen molar-refractivity contribution in [1.82, 2.24) is 4.98 Å². The van der Waals surface area contributed by atoms with Gasteiger partial charge in [0.05, 0.1) is 12.2 Å². The fraction of sp³-hybridized carbons (Fsp3) is 0.545. The number of pyridine rings is 1. The van der Waals surface area contributed by atoms with Gasteiger partial charge in [-0.05, 0) is 26.0 Å². The normalized spacial score (nSPS) is 13.5. The maximum Gasteiger partial charge on any atom is 0.416 e. The third kappa shape index (κ3) is 4.60. The Balaban J connectivity index is 2.66. The summed E-state index contributed by atoms with van der Waals surface area (Å²) in [6, 6.07) is 1.84. The van der Waals surface area contributed by atoms with Gasteiger partial charge in [-0.3, -0.25) is 0 Å². The molecule has 0 bridgehead atoms. The first-order valence-electron chi connectivity index (χ1n) is 5.31. The zero-order chi connectivity index (χ0) is 12.9. The molecule has 1 heterocycles. The summed E-state index contributed by atoms with van der Waals surface area (Å²) in [4.78, 5) is 3.83. The highest BCUT2D eigenvalue weighted by molar-refractivity contribution is 5.39. The van der Waals surface area contributed by atoms with Gasteiger partial charge in [0.15, 0.2) is 0 Å². The molecule has 1 atom stereocenters. The van der Waals surface area contributed by atoms with Crippen LogP contribution >= 0.6 is 0 Å². The Morgan fingerprint density at radius 2 is 2.18 bits per heavy atom. The Morgan fingerprint density at radius 1 is 1.47 bits per heavy atom. The largest absolute Gasteiger partial charge is 0.416 e. The van der Waals surface area contributed by atoms with Gasteiger partial charge in [0.25, 0.3) is 0 Å². The van der Waals surface area contributed by atoms with Crippen molar-refractivity contribution in [3.63, 3.8) is 0 Å². The molecule has 96 valence electrons. The minimum absolute atomic E-state index is 0.0917. The van der Waals surface area contributed by atoms with Gasteiger partial charge in [0.2, 0.25) is 0 Å². The van der Waals surface area contributed by atoms with Crippen molar-refractivity contribution < 1.29 is 17.9 Å². The number of aromatic nitrogens is 1. The Kier molecular flexibility index (Phi) is 4.74. The summed E-state index contributed by atoms with van der Waals surface area (Å²) in [6.07, 6.45) is -3.21. The van der Waals surface area contributed by atoms with E-state index in [9.17, 15) is 13.2 Å². The van der Waals surface area contributed by atoms with Crippen LogP contribution in [0.1, 0.15) is 19.4 Å². The number of hydrogen-bond donors (Lipinski definition) is 1. The van der Waals surface area contributed by atoms with Crippen molar-refractivity contribution in [2.75, 3.05) is 18.5 Å². The van der Waals surface area contributed by atoms with Gasteiger partial charge in [0, 0.05) is 18.8 Å². The van der Waals surface area contributed by atoms with Crippen LogP contribution in [0.4, 0.5) is 19.0 Å². The molecule has 0 fully saturated rings. The average molecular weight is 248 g/mol. The van der Waals surface area contributed by atoms with Crippen LogP contribution in [0.25, 0.3) is 0 Å². The summed E-state index contributed by atoms with van der Waals surface area (Å²) in [5, 5.41) is 2.85. The summed E-state index contributed by atoms with van der Waals surface area (Å²) < 4.78 is 42.4. The van der Waals surface area contributed by atoms with Gasteiger partial charge in [-0.25, -0.2) is 4.98 Å². The predicted octanol–water partition coefficient (Wildman–Crippen LogP) is 2.94. The van der Waals surface area contributed by atoms with Gasteiger partial charge in [-0.2, -0.15) is 13.2 Å². The van der Waals surface area contributed by atoms with E-state index in [1.807, 2.05) is 13.8 Å². The highest BCUT2D eigenvalue weighted by atomic mass is 19.4. The van der Waals surface area contributed by atoms with E-state index < -0.39 is 11.7 Å². The van der Waals surface area contributed by atoms with Gasteiger partial charge < -0.3 is 10.1 Å². The molecule has 0 saturated carbocycles. The number of rotatable bonds is 5. The maximum atomic E-state index is 12.4. The molecular formula is C11H15F3N2O. The number of hydrogen-bond acceptors (Lipinski definition) is 3. The minimum Gasteiger partial charge on any atom is -0.380 e. The molecule has 0 aliphatic carbocycles. The monoisotopic (exact) mass is 248 g/mol. The third-order valence-corrected chi connectivity index (χ3v) is 2.05. The second-order valence-corrected chi connectivity index (χ2v) is 3.63. The Bertz CT molecular complexity index is 355. The summed E-state index contributed by atoms with van der Waals surface area (Å²) in [5.41, 5.74) is -0.710. The van der Waals surface area contributed by atoms with Gasteiger partial charge in [0.1, 0.15) is 5.82 Å². The molecule has 0 radical (unpaired) electrons. The van der Waals surface area contributed by atoms with Crippen LogP contribution in [0.5, 0.6) is 0 Å². The number of nitrogens with zero attached hydrogens (tertiary/aromatic N) is 1. The van der Waals surface area contributed by atoms with Crippen molar-refractivity contribution in [1.29, 1.82) is 0 Å². The molecule has 0 aromatic carbocycles. The second kappa shape index (κ2) is 5.86. The minimum atomic E-state index is -4.34. The van der Waals surface area contributed by atoms with E-state index in [0.717, 1.165) is 18.3 Å². The molecule has 17 heavy (non-hydrogen) atoms. The van der Waals surface area contributed by atoms with E-state index in [1.54, 1.807) is 0 Å². The molecule has 1 aromatic rings. The zero-order valence-electron chi connectivity index (χ0n) is 9.71. The smallest absolute Gasteiger partial charge is 0.380 e. The van der Waals surface area contributed by atoms with Crippen LogP contribution < -0.4 is 5.32 Å². The number of anilines is 1. The first-order chi connectivity index (χ1) is 7.93. The lowest BCUT2D eigenvalue weighted by Crippen LogP contribution is -2.22. The van der Waals surface area contributed by atoms with E-state index in [0.29, 0.717) is 13.2 Å². The van der Waals surface area contributed by atoms with Crippen LogP contribution in [0.3, 0.4) is 0 Å². The van der Waals surface area contributed by atoms with Gasteiger partial charge >= 0.3 is 6.18 Å². The van der Waals surface area contributed by atoms with Crippen molar-refractivity contribution in [3.8, 4) is 0 Å². The number of nitrogens with one attached hydrogen (secondary N) is 1. The van der Waals surface area contributed by atoms with E-state index in [2.05, 4.69) is 10.3 Å². The molecule has 6 heteroatoms. The molecule has 1 rings (SSSR count). The van der Waals surface area contributed by atoms with Crippen LogP contribution in [-0.4, -0.2) is 24.2 Å². The third-order valence-electron chi connectivity index (χ3n) is 2.05. The van der Waals surface area contributed by atoms with Crippen LogP contribution in [-0.2, 0) is 10.9 Å². The lowest BCUT2D eigenvalue weighted by molar-refractivity contribution is -0.137. The quantitative estimate of drug-likeness (QED) is 0.869. The van der Waals surface area contributed by atoms with Crippen LogP contribution in [0.2, 0.25) is 0 Å². The summed E-state index contributed by atoms with van der Waals surface area (Å²) in [5.74, 6) is 0.201. The maximum absolute atomic E-state index is 12.4. The van der Waals surface area contributed by atoms with Crippen molar-refractivity contribution in [2.45, 2.75) is 26.1 Å². The first-order valence-corrected chi connectivity index (χ1v) is 5.31. The predicted molar refractivity (Wildman–Crippen MR) is 58.8 cm³/mol. The molecule has 1 unspecified atom stereocenters. The standard InChI is InChI=1S/C11H15F3N2O/c1-3-17-7-8(2)16-10-6-9(4-5-15-10)11(12,13)14/h4-6,8H,3,7H2,1-2H3,(H,15,16). The van der Waals surface area contributed by atoms with Crippen LogP contribution in [0.15, 0.2) is 18.3 Å². The Morgan fingerprint density at radius 3 is 2.76 bits per heavy atom.